The van der Waals surface area contributed by atoms with Gasteiger partial charge in [-0.3, -0.25) is 0 Å². The van der Waals surface area contributed by atoms with Gasteiger partial charge in [0, 0.05) is 5.39 Å². The van der Waals surface area contributed by atoms with Crippen molar-refractivity contribution >= 4 is 16.7 Å². The molecule has 3 aromatic carbocycles. The van der Waals surface area contributed by atoms with Crippen LogP contribution in [-0.2, 0) is 0 Å². The summed E-state index contributed by atoms with van der Waals surface area (Å²) in [4.78, 5) is 11.5. The van der Waals surface area contributed by atoms with Crippen LogP contribution in [0.5, 0.6) is 0 Å². The number of fused-ring (bicyclic) bond motifs is 1. The number of carboxylic acid groups (broad SMARTS) is 1. The molecule has 0 aliphatic carbocycles. The lowest BCUT2D eigenvalue weighted by molar-refractivity contribution is 0.0699. The predicted molar refractivity (Wildman–Crippen MR) is 81.1 cm³/mol. The van der Waals surface area contributed by atoms with E-state index in [0.29, 0.717) is 5.56 Å². The molecule has 0 fully saturated rings. The normalized spacial score (nSPS) is 10.7. The van der Waals surface area contributed by atoms with E-state index in [0.717, 1.165) is 27.5 Å². The molecule has 0 saturated carbocycles. The van der Waals surface area contributed by atoms with E-state index < -0.39 is 5.97 Å². The minimum absolute atomic E-state index is 0.348. The average molecular weight is 262 g/mol. The van der Waals surface area contributed by atoms with E-state index in [1.165, 1.54) is 0 Å². The monoisotopic (exact) mass is 262 g/mol. The molecule has 20 heavy (non-hydrogen) atoms. The summed E-state index contributed by atoms with van der Waals surface area (Å²) in [6, 6.07) is 19.3. The zero-order valence-corrected chi connectivity index (χ0v) is 11.1. The van der Waals surface area contributed by atoms with Gasteiger partial charge in [-0.05, 0) is 35.1 Å². The Bertz CT molecular complexity index is 798. The highest BCUT2D eigenvalue weighted by atomic mass is 16.4. The zero-order chi connectivity index (χ0) is 14.1. The molecule has 3 rings (SSSR count). The number of rotatable bonds is 2. The van der Waals surface area contributed by atoms with E-state index in [2.05, 4.69) is 0 Å². The lowest BCUT2D eigenvalue weighted by Gasteiger charge is -2.11. The summed E-state index contributed by atoms with van der Waals surface area (Å²) in [5.41, 5.74) is 3.53. The van der Waals surface area contributed by atoms with Gasteiger partial charge in [0.1, 0.15) is 0 Å². The molecular formula is C18H14O2. The van der Waals surface area contributed by atoms with Gasteiger partial charge < -0.3 is 5.11 Å². The van der Waals surface area contributed by atoms with Gasteiger partial charge in [0.25, 0.3) is 0 Å². The maximum Gasteiger partial charge on any atom is 0.336 e. The minimum Gasteiger partial charge on any atom is -0.478 e. The summed E-state index contributed by atoms with van der Waals surface area (Å²) in [5.74, 6) is -0.892. The molecule has 0 heterocycles. The Labute approximate surface area is 117 Å². The Morgan fingerprint density at radius 1 is 0.850 bits per heavy atom. The molecule has 0 spiro atoms. The van der Waals surface area contributed by atoms with Crippen LogP contribution in [0.25, 0.3) is 21.9 Å². The maximum absolute atomic E-state index is 11.5. The maximum atomic E-state index is 11.5. The van der Waals surface area contributed by atoms with Crippen LogP contribution < -0.4 is 0 Å². The molecule has 0 aliphatic rings. The Hall–Kier alpha value is -2.61. The van der Waals surface area contributed by atoms with Crippen LogP contribution in [-0.4, -0.2) is 11.1 Å². The Morgan fingerprint density at radius 2 is 1.50 bits per heavy atom. The number of hydrogen-bond donors (Lipinski definition) is 1. The number of carbonyl (C=O) groups is 1. The summed E-state index contributed by atoms with van der Waals surface area (Å²) in [6.07, 6.45) is 0. The summed E-state index contributed by atoms with van der Waals surface area (Å²) < 4.78 is 0. The number of aromatic carboxylic acids is 1. The highest BCUT2D eigenvalue weighted by Gasteiger charge is 2.13. The zero-order valence-electron chi connectivity index (χ0n) is 11.1. The molecule has 1 N–H and O–H groups in total. The van der Waals surface area contributed by atoms with Crippen molar-refractivity contribution in [3.05, 3.63) is 71.8 Å². The third kappa shape index (κ3) is 1.95. The van der Waals surface area contributed by atoms with Crippen molar-refractivity contribution in [2.75, 3.05) is 0 Å². The number of hydrogen-bond acceptors (Lipinski definition) is 1. The summed E-state index contributed by atoms with van der Waals surface area (Å²) >= 11 is 0. The minimum atomic E-state index is -0.892. The van der Waals surface area contributed by atoms with Gasteiger partial charge >= 0.3 is 5.97 Å². The molecule has 0 aromatic heterocycles. The van der Waals surface area contributed by atoms with Crippen molar-refractivity contribution in [3.63, 3.8) is 0 Å². The van der Waals surface area contributed by atoms with Crippen LogP contribution in [0.4, 0.5) is 0 Å². The van der Waals surface area contributed by atoms with Crippen molar-refractivity contribution in [2.45, 2.75) is 6.92 Å². The van der Waals surface area contributed by atoms with E-state index in [4.69, 9.17) is 0 Å². The van der Waals surface area contributed by atoms with E-state index >= 15 is 0 Å². The Kier molecular flexibility index (Phi) is 2.99. The van der Waals surface area contributed by atoms with Gasteiger partial charge in [-0.15, -0.1) is 0 Å². The number of carboxylic acids is 1. The highest BCUT2D eigenvalue weighted by Crippen LogP contribution is 2.33. The van der Waals surface area contributed by atoms with Gasteiger partial charge in [0.05, 0.1) is 5.56 Å². The van der Waals surface area contributed by atoms with E-state index in [1.54, 1.807) is 12.1 Å². The Balaban J connectivity index is 2.43. The second kappa shape index (κ2) is 4.82. The van der Waals surface area contributed by atoms with Gasteiger partial charge in [-0.25, -0.2) is 4.79 Å². The van der Waals surface area contributed by atoms with Crippen LogP contribution in [0, 0.1) is 6.92 Å². The van der Waals surface area contributed by atoms with Crippen molar-refractivity contribution in [2.24, 2.45) is 0 Å². The van der Waals surface area contributed by atoms with E-state index in [-0.39, 0.29) is 0 Å². The van der Waals surface area contributed by atoms with Gasteiger partial charge in [-0.2, -0.15) is 0 Å². The van der Waals surface area contributed by atoms with Crippen molar-refractivity contribution in [1.29, 1.82) is 0 Å². The fourth-order valence-electron chi connectivity index (χ4n) is 2.62. The van der Waals surface area contributed by atoms with Crippen LogP contribution in [0.3, 0.4) is 0 Å². The molecule has 0 amide bonds. The summed E-state index contributed by atoms with van der Waals surface area (Å²) in [6.45, 7) is 2.04. The van der Waals surface area contributed by atoms with Crippen molar-refractivity contribution in [1.82, 2.24) is 0 Å². The molecule has 2 nitrogen and oxygen atoms in total. The van der Waals surface area contributed by atoms with Crippen molar-refractivity contribution < 1.29 is 9.90 Å². The molecule has 3 aromatic rings. The summed E-state index contributed by atoms with van der Waals surface area (Å²) in [7, 11) is 0. The standard InChI is InChI=1S/C18H14O2/c1-12-6-2-3-9-14(12)15-10-4-7-13-8-5-11-16(17(13)15)18(19)20/h2-11H,1H3,(H,19,20). The van der Waals surface area contributed by atoms with E-state index in [1.807, 2.05) is 55.5 Å². The molecule has 0 aliphatic heterocycles. The fraction of sp³-hybridized carbons (Fsp3) is 0.0556. The number of benzene rings is 3. The van der Waals surface area contributed by atoms with Gasteiger partial charge in [0.2, 0.25) is 0 Å². The first kappa shape index (κ1) is 12.4. The summed E-state index contributed by atoms with van der Waals surface area (Å²) in [5, 5.41) is 11.2. The molecule has 0 radical (unpaired) electrons. The van der Waals surface area contributed by atoms with Gasteiger partial charge in [0.15, 0.2) is 0 Å². The second-order valence-electron chi connectivity index (χ2n) is 4.83. The predicted octanol–water partition coefficient (Wildman–Crippen LogP) is 4.51. The lowest BCUT2D eigenvalue weighted by atomic mass is 9.92. The topological polar surface area (TPSA) is 37.3 Å². The molecule has 0 bridgehead atoms. The third-order valence-electron chi connectivity index (χ3n) is 3.57. The number of aryl methyl sites for hydroxylation is 1. The smallest absolute Gasteiger partial charge is 0.336 e. The Morgan fingerprint density at radius 3 is 2.20 bits per heavy atom. The second-order valence-corrected chi connectivity index (χ2v) is 4.83. The van der Waals surface area contributed by atoms with Crippen LogP contribution in [0.15, 0.2) is 60.7 Å². The van der Waals surface area contributed by atoms with E-state index in [9.17, 15) is 9.90 Å². The lowest BCUT2D eigenvalue weighted by Crippen LogP contribution is -1.98. The first-order chi connectivity index (χ1) is 9.68. The largest absolute Gasteiger partial charge is 0.478 e. The molecule has 98 valence electrons. The first-order valence-electron chi connectivity index (χ1n) is 6.49. The molecule has 2 heteroatoms. The van der Waals surface area contributed by atoms with Crippen LogP contribution in [0.2, 0.25) is 0 Å². The highest BCUT2D eigenvalue weighted by molar-refractivity contribution is 6.10. The molecule has 0 atom stereocenters. The molecule has 0 unspecified atom stereocenters. The SMILES string of the molecule is Cc1ccccc1-c1cccc2cccc(C(=O)O)c12. The van der Waals surface area contributed by atoms with Crippen molar-refractivity contribution in [3.8, 4) is 11.1 Å². The quantitative estimate of drug-likeness (QED) is 0.737. The third-order valence-corrected chi connectivity index (χ3v) is 3.57. The van der Waals surface area contributed by atoms with Gasteiger partial charge in [-0.1, -0.05) is 54.6 Å². The van der Waals surface area contributed by atoms with Crippen LogP contribution >= 0.6 is 0 Å². The molecular weight excluding hydrogens is 248 g/mol. The fourth-order valence-corrected chi connectivity index (χ4v) is 2.62. The first-order valence-corrected chi connectivity index (χ1v) is 6.49. The molecule has 0 saturated heterocycles. The average Bonchev–Trinajstić information content (AvgIpc) is 2.46. The van der Waals surface area contributed by atoms with Crippen LogP contribution in [0.1, 0.15) is 15.9 Å².